The van der Waals surface area contributed by atoms with Crippen molar-refractivity contribution in [2.24, 2.45) is 10.6 Å². The lowest BCUT2D eigenvalue weighted by molar-refractivity contribution is -0.0398. The number of para-hydroxylation sites is 2. The molecule has 1 atom stereocenters. The van der Waals surface area contributed by atoms with Crippen LogP contribution >= 0.6 is 15.9 Å². The summed E-state index contributed by atoms with van der Waals surface area (Å²) in [7, 11) is -4.36. The summed E-state index contributed by atoms with van der Waals surface area (Å²) >= 11 is 3.16. The van der Waals surface area contributed by atoms with Crippen LogP contribution in [0.1, 0.15) is 29.9 Å². The van der Waals surface area contributed by atoms with E-state index in [4.69, 9.17) is 5.14 Å². The number of halogens is 2. The molecule has 2 N–H and O–H groups in total. The third-order valence-electron chi connectivity index (χ3n) is 7.60. The van der Waals surface area contributed by atoms with Crippen LogP contribution in [0.5, 0.6) is 0 Å². The van der Waals surface area contributed by atoms with Crippen LogP contribution < -0.4 is 5.14 Å². The van der Waals surface area contributed by atoms with Crippen LogP contribution in [-0.2, 0) is 23.1 Å². The number of nitrogens with zero attached hydrogens (tertiary/aromatic N) is 5. The van der Waals surface area contributed by atoms with Gasteiger partial charge in [0, 0.05) is 38.2 Å². The first-order valence-corrected chi connectivity index (χ1v) is 15.0. The van der Waals surface area contributed by atoms with Gasteiger partial charge in [0.05, 0.1) is 30.9 Å². The molecule has 9 nitrogen and oxygen atoms in total. The van der Waals surface area contributed by atoms with Gasteiger partial charge in [0.15, 0.2) is 5.82 Å². The van der Waals surface area contributed by atoms with Crippen LogP contribution in [0, 0.1) is 11.2 Å². The van der Waals surface area contributed by atoms with E-state index in [9.17, 15) is 13.2 Å². The number of primary sulfonamides is 1. The van der Waals surface area contributed by atoms with Gasteiger partial charge in [-0.15, -0.1) is 5.10 Å². The Balaban J connectivity index is 1.27. The van der Waals surface area contributed by atoms with Crippen LogP contribution in [0.15, 0.2) is 76.2 Å². The Morgan fingerprint density at radius 3 is 2.33 bits per heavy atom. The van der Waals surface area contributed by atoms with Crippen molar-refractivity contribution in [2.45, 2.75) is 37.9 Å². The molecule has 1 unspecified atom stereocenters. The fourth-order valence-corrected chi connectivity index (χ4v) is 6.88. The Morgan fingerprint density at radius 1 is 1.10 bits per heavy atom. The zero-order chi connectivity index (χ0) is 28.4. The molecule has 206 valence electrons. The third-order valence-corrected chi connectivity index (χ3v) is 8.97. The topological polar surface area (TPSA) is 116 Å². The van der Waals surface area contributed by atoms with Crippen molar-refractivity contribution < 1.29 is 17.6 Å². The van der Waals surface area contributed by atoms with Gasteiger partial charge in [-0.05, 0) is 24.3 Å². The van der Waals surface area contributed by atoms with E-state index in [0.29, 0.717) is 19.6 Å². The number of hydrogen-bond acceptors (Lipinski definition) is 5. The lowest BCUT2D eigenvalue weighted by Crippen LogP contribution is -2.65. The van der Waals surface area contributed by atoms with Gasteiger partial charge in [-0.3, -0.25) is 9.48 Å². The quantitative estimate of drug-likeness (QED) is 0.298. The minimum atomic E-state index is -4.36. The summed E-state index contributed by atoms with van der Waals surface area (Å²) in [6.07, 6.45) is 1.86. The maximum absolute atomic E-state index is 15.1. The van der Waals surface area contributed by atoms with Crippen molar-refractivity contribution in [1.29, 1.82) is 0 Å². The number of hydrogen-bond donors (Lipinski definition) is 1. The van der Waals surface area contributed by atoms with Crippen LogP contribution in [-0.4, -0.2) is 51.4 Å². The lowest BCUT2D eigenvalue weighted by atomic mass is 9.74. The molecule has 1 saturated heterocycles. The van der Waals surface area contributed by atoms with E-state index in [2.05, 4.69) is 55.1 Å². The number of aromatic nitrogens is 4. The molecule has 0 spiro atoms. The van der Waals surface area contributed by atoms with Crippen molar-refractivity contribution in [3.63, 3.8) is 0 Å². The maximum Gasteiger partial charge on any atom is 0.257 e. The molecule has 5 aromatic rings. The minimum absolute atomic E-state index is 0.239. The highest BCUT2D eigenvalue weighted by Crippen LogP contribution is 2.40. The summed E-state index contributed by atoms with van der Waals surface area (Å²) < 4.78 is 43.0. The Labute approximate surface area is 238 Å². The zero-order valence-electron chi connectivity index (χ0n) is 21.8. The van der Waals surface area contributed by atoms with Crippen molar-refractivity contribution in [3.05, 3.63) is 88.4 Å². The molecule has 1 aliphatic heterocycles. The number of amides is 1. The molecular weight excluding hydrogens is 599 g/mol. The van der Waals surface area contributed by atoms with Crippen LogP contribution in [0.3, 0.4) is 0 Å². The number of nitrogens with two attached hydrogens (primary N) is 1. The molecule has 1 amide bonds. The van der Waals surface area contributed by atoms with E-state index in [1.807, 2.05) is 44.3 Å². The predicted molar refractivity (Wildman–Crippen MR) is 153 cm³/mol. The number of likely N-dealkylation sites (tertiary alicyclic amines) is 1. The zero-order valence-corrected chi connectivity index (χ0v) is 24.2. The number of sulfonamides is 1. The second-order valence-electron chi connectivity index (χ2n) is 10.8. The summed E-state index contributed by atoms with van der Waals surface area (Å²) in [4.78, 5) is 14.2. The second-order valence-corrected chi connectivity index (χ2v) is 13.2. The Morgan fingerprint density at radius 2 is 1.73 bits per heavy atom. The van der Waals surface area contributed by atoms with Crippen LogP contribution in [0.2, 0.25) is 0 Å². The number of fused-ring (bicyclic) bond motifs is 3. The number of carbonyl (C=O) groups excluding carboxylic acids is 1. The Kier molecular flexibility index (Phi) is 6.32. The monoisotopic (exact) mass is 624 g/mol. The lowest BCUT2D eigenvalue weighted by Gasteiger charge is -2.54. The van der Waals surface area contributed by atoms with Gasteiger partial charge < -0.3 is 9.47 Å². The fraction of sp³-hybridized carbons (Fsp3) is 0.250. The molecule has 0 bridgehead atoms. The minimum Gasteiger partial charge on any atom is -0.334 e. The Bertz CT molecular complexity index is 1860. The van der Waals surface area contributed by atoms with E-state index in [-0.39, 0.29) is 21.5 Å². The molecular formula is C28H26BrFN6O3S. The van der Waals surface area contributed by atoms with E-state index < -0.39 is 26.6 Å². The van der Waals surface area contributed by atoms with Gasteiger partial charge in [-0.2, -0.15) is 0 Å². The van der Waals surface area contributed by atoms with E-state index in [0.717, 1.165) is 22.8 Å². The van der Waals surface area contributed by atoms with Gasteiger partial charge in [0.25, 0.3) is 5.91 Å². The van der Waals surface area contributed by atoms with Crippen molar-refractivity contribution in [3.8, 4) is 0 Å². The second kappa shape index (κ2) is 9.50. The molecule has 0 radical (unpaired) electrons. The van der Waals surface area contributed by atoms with Crippen molar-refractivity contribution in [1.82, 2.24) is 24.5 Å². The number of benzene rings is 3. The van der Waals surface area contributed by atoms with E-state index in [1.54, 1.807) is 4.68 Å². The molecule has 12 heteroatoms. The first-order valence-electron chi connectivity index (χ1n) is 12.6. The van der Waals surface area contributed by atoms with E-state index in [1.165, 1.54) is 21.7 Å². The SMILES string of the molecule is CC1(C)CN(C(=O)c2cc(Br)cc(S(N)(=O)=O)c2F)C1Cn1cc(Cn2c3ccccc3c3ccccc32)nn1. The third kappa shape index (κ3) is 4.49. The molecule has 1 fully saturated rings. The summed E-state index contributed by atoms with van der Waals surface area (Å²) in [6.45, 7) is 5.27. The summed E-state index contributed by atoms with van der Waals surface area (Å²) in [6, 6.07) is 18.5. The molecule has 6 rings (SSSR count). The fourth-order valence-electron chi connectivity index (χ4n) is 5.62. The average molecular weight is 626 g/mol. The summed E-state index contributed by atoms with van der Waals surface area (Å²) in [5, 5.41) is 16.2. The van der Waals surface area contributed by atoms with Crippen LogP contribution in [0.4, 0.5) is 4.39 Å². The van der Waals surface area contributed by atoms with Crippen molar-refractivity contribution >= 4 is 53.7 Å². The molecule has 40 heavy (non-hydrogen) atoms. The molecule has 3 heterocycles. The highest BCUT2D eigenvalue weighted by atomic mass is 79.9. The van der Waals surface area contributed by atoms with Gasteiger partial charge in [-0.25, -0.2) is 17.9 Å². The molecule has 3 aromatic carbocycles. The summed E-state index contributed by atoms with van der Waals surface area (Å²) in [5.74, 6) is -1.77. The number of carbonyl (C=O) groups is 1. The maximum atomic E-state index is 15.1. The Hall–Kier alpha value is -3.61. The van der Waals surface area contributed by atoms with Crippen LogP contribution in [0.25, 0.3) is 21.8 Å². The summed E-state index contributed by atoms with van der Waals surface area (Å²) in [5.41, 5.74) is 2.33. The van der Waals surface area contributed by atoms with Gasteiger partial charge in [0.2, 0.25) is 10.0 Å². The van der Waals surface area contributed by atoms with E-state index >= 15 is 4.39 Å². The molecule has 2 aromatic heterocycles. The molecule has 0 saturated carbocycles. The highest BCUT2D eigenvalue weighted by Gasteiger charge is 2.49. The predicted octanol–water partition coefficient (Wildman–Crippen LogP) is 4.53. The standard InChI is InChI=1S/C28H26BrFN6O3S/c1-28(2)16-36(27(37)21-11-17(29)12-24(26(21)30)40(31,38)39)25(28)15-34-13-18(32-33-34)14-35-22-9-5-3-7-19(22)20-8-4-6-10-23(20)35/h3-13,25H,14-16H2,1-2H3,(H2,31,38,39). The highest BCUT2D eigenvalue weighted by molar-refractivity contribution is 9.10. The van der Waals surface area contributed by atoms with Gasteiger partial charge >= 0.3 is 0 Å². The van der Waals surface area contributed by atoms with Gasteiger partial charge in [0.1, 0.15) is 10.6 Å². The first kappa shape index (κ1) is 26.6. The number of rotatable bonds is 6. The van der Waals surface area contributed by atoms with Crippen molar-refractivity contribution in [2.75, 3.05) is 6.54 Å². The normalized spacial score (nSPS) is 16.9. The average Bonchev–Trinajstić information content (AvgIpc) is 3.49. The van der Waals surface area contributed by atoms with Gasteiger partial charge in [-0.1, -0.05) is 71.4 Å². The largest absolute Gasteiger partial charge is 0.334 e. The molecule has 1 aliphatic rings. The molecule has 0 aliphatic carbocycles. The smallest absolute Gasteiger partial charge is 0.257 e. The first-order chi connectivity index (χ1) is 18.9.